The van der Waals surface area contributed by atoms with Crippen LogP contribution in [0.25, 0.3) is 0 Å². The molecule has 1 aliphatic rings. The summed E-state index contributed by atoms with van der Waals surface area (Å²) < 4.78 is 0. The normalized spacial score (nSPS) is 16.5. The van der Waals surface area contributed by atoms with Crippen LogP contribution in [0.4, 0.5) is 0 Å². The number of carbonyl (C=O) groups is 1. The van der Waals surface area contributed by atoms with Gasteiger partial charge in [-0.15, -0.1) is 12.6 Å². The van der Waals surface area contributed by atoms with Crippen molar-refractivity contribution in [3.8, 4) is 0 Å². The predicted octanol–water partition coefficient (Wildman–Crippen LogP) is 1.60. The lowest BCUT2D eigenvalue weighted by Gasteiger charge is -2.35. The SMILES string of the molecule is Cc1ccc(S)cc1C(=O)N1CCN(CCN(C)C)CC1. The van der Waals surface area contributed by atoms with Gasteiger partial charge in [0.05, 0.1) is 0 Å². The number of rotatable bonds is 4. The molecule has 0 aliphatic carbocycles. The maximum atomic E-state index is 12.6. The van der Waals surface area contributed by atoms with Crippen LogP contribution in [-0.4, -0.2) is 74.0 Å². The van der Waals surface area contributed by atoms with Crippen molar-refractivity contribution in [1.29, 1.82) is 0 Å². The van der Waals surface area contributed by atoms with Gasteiger partial charge in [0.1, 0.15) is 0 Å². The van der Waals surface area contributed by atoms with Gasteiger partial charge in [-0.25, -0.2) is 0 Å². The fraction of sp³-hybridized carbons (Fsp3) is 0.562. The van der Waals surface area contributed by atoms with Crippen molar-refractivity contribution in [3.63, 3.8) is 0 Å². The Balaban J connectivity index is 1.92. The number of carbonyl (C=O) groups excluding carboxylic acids is 1. The molecule has 2 rings (SSSR count). The van der Waals surface area contributed by atoms with Gasteiger partial charge >= 0.3 is 0 Å². The molecule has 1 aliphatic heterocycles. The third-order valence-electron chi connectivity index (χ3n) is 3.97. The fourth-order valence-corrected chi connectivity index (χ4v) is 2.73. The van der Waals surface area contributed by atoms with Crippen LogP contribution in [0.1, 0.15) is 15.9 Å². The monoisotopic (exact) mass is 307 g/mol. The summed E-state index contributed by atoms with van der Waals surface area (Å²) in [6.07, 6.45) is 0. The molecule has 0 radical (unpaired) electrons. The molecule has 0 N–H and O–H groups in total. The predicted molar refractivity (Wildman–Crippen MR) is 89.3 cm³/mol. The first-order valence-corrected chi connectivity index (χ1v) is 7.88. The van der Waals surface area contributed by atoms with Crippen LogP contribution in [0.15, 0.2) is 23.1 Å². The second-order valence-corrected chi connectivity index (χ2v) is 6.45. The second kappa shape index (κ2) is 7.29. The average Bonchev–Trinajstić information content (AvgIpc) is 2.47. The summed E-state index contributed by atoms with van der Waals surface area (Å²) in [7, 11) is 4.18. The molecule has 0 unspecified atom stereocenters. The van der Waals surface area contributed by atoms with E-state index in [0.717, 1.165) is 55.3 Å². The lowest BCUT2D eigenvalue weighted by molar-refractivity contribution is 0.0629. The van der Waals surface area contributed by atoms with Gasteiger partial charge in [0.25, 0.3) is 5.91 Å². The fourth-order valence-electron chi connectivity index (χ4n) is 2.53. The number of amides is 1. The first-order valence-electron chi connectivity index (χ1n) is 7.43. The lowest BCUT2D eigenvalue weighted by Crippen LogP contribution is -2.50. The Bertz CT molecular complexity index is 496. The molecule has 21 heavy (non-hydrogen) atoms. The number of hydrogen-bond acceptors (Lipinski definition) is 4. The minimum atomic E-state index is 0.135. The van der Waals surface area contributed by atoms with Gasteiger partial charge in [-0.1, -0.05) is 6.07 Å². The van der Waals surface area contributed by atoms with E-state index < -0.39 is 0 Å². The van der Waals surface area contributed by atoms with Crippen molar-refractivity contribution in [2.75, 3.05) is 53.4 Å². The highest BCUT2D eigenvalue weighted by Gasteiger charge is 2.23. The molecule has 1 aromatic carbocycles. The van der Waals surface area contributed by atoms with E-state index in [0.29, 0.717) is 0 Å². The molecule has 1 heterocycles. The number of nitrogens with zero attached hydrogens (tertiary/aromatic N) is 3. The van der Waals surface area contributed by atoms with E-state index in [4.69, 9.17) is 0 Å². The topological polar surface area (TPSA) is 26.8 Å². The molecule has 116 valence electrons. The van der Waals surface area contributed by atoms with Crippen LogP contribution < -0.4 is 0 Å². The van der Waals surface area contributed by atoms with Crippen LogP contribution in [0.3, 0.4) is 0 Å². The van der Waals surface area contributed by atoms with Crippen molar-refractivity contribution in [2.24, 2.45) is 0 Å². The van der Waals surface area contributed by atoms with E-state index in [1.165, 1.54) is 0 Å². The number of aryl methyl sites for hydroxylation is 1. The summed E-state index contributed by atoms with van der Waals surface area (Å²) in [5.41, 5.74) is 1.80. The first-order chi connectivity index (χ1) is 9.97. The molecule has 0 spiro atoms. The second-order valence-electron chi connectivity index (χ2n) is 5.94. The van der Waals surface area contributed by atoms with E-state index in [-0.39, 0.29) is 5.91 Å². The molecular formula is C16H25N3OS. The molecule has 0 saturated carbocycles. The summed E-state index contributed by atoms with van der Waals surface area (Å²) in [6.45, 7) is 7.64. The van der Waals surface area contributed by atoms with E-state index in [9.17, 15) is 4.79 Å². The molecule has 1 aromatic rings. The van der Waals surface area contributed by atoms with Crippen LogP contribution in [-0.2, 0) is 0 Å². The minimum Gasteiger partial charge on any atom is -0.336 e. The van der Waals surface area contributed by atoms with E-state index in [2.05, 4.69) is 36.5 Å². The number of piperazine rings is 1. The molecule has 4 nitrogen and oxygen atoms in total. The van der Waals surface area contributed by atoms with Crippen LogP contribution >= 0.6 is 12.6 Å². The molecule has 0 bridgehead atoms. The van der Waals surface area contributed by atoms with Crippen LogP contribution in [0.2, 0.25) is 0 Å². The summed E-state index contributed by atoms with van der Waals surface area (Å²) in [5.74, 6) is 0.135. The maximum Gasteiger partial charge on any atom is 0.254 e. The summed E-state index contributed by atoms with van der Waals surface area (Å²) >= 11 is 4.34. The van der Waals surface area contributed by atoms with Crippen molar-refractivity contribution in [2.45, 2.75) is 11.8 Å². The lowest BCUT2D eigenvalue weighted by atomic mass is 10.1. The minimum absolute atomic E-state index is 0.135. The van der Waals surface area contributed by atoms with Crippen molar-refractivity contribution in [3.05, 3.63) is 29.3 Å². The highest BCUT2D eigenvalue weighted by molar-refractivity contribution is 7.80. The largest absolute Gasteiger partial charge is 0.336 e. The van der Waals surface area contributed by atoms with Crippen molar-refractivity contribution >= 4 is 18.5 Å². The third-order valence-corrected chi connectivity index (χ3v) is 4.25. The number of likely N-dealkylation sites (N-methyl/N-ethyl adjacent to an activating group) is 1. The van der Waals surface area contributed by atoms with E-state index >= 15 is 0 Å². The Kier molecular flexibility index (Phi) is 5.67. The van der Waals surface area contributed by atoms with Crippen molar-refractivity contribution in [1.82, 2.24) is 14.7 Å². The zero-order valence-corrected chi connectivity index (χ0v) is 14.1. The molecule has 0 atom stereocenters. The third kappa shape index (κ3) is 4.46. The average molecular weight is 307 g/mol. The summed E-state index contributed by atoms with van der Waals surface area (Å²) in [4.78, 5) is 20.0. The Hall–Kier alpha value is -1.04. The molecule has 1 saturated heterocycles. The number of benzene rings is 1. The summed E-state index contributed by atoms with van der Waals surface area (Å²) in [6, 6.07) is 5.76. The van der Waals surface area contributed by atoms with Gasteiger partial charge in [-0.05, 0) is 38.7 Å². The Morgan fingerprint density at radius 1 is 1.24 bits per heavy atom. The van der Waals surface area contributed by atoms with Crippen LogP contribution in [0.5, 0.6) is 0 Å². The number of thiol groups is 1. The van der Waals surface area contributed by atoms with Gasteiger partial charge in [0, 0.05) is 49.7 Å². The first kappa shape index (κ1) is 16.3. The van der Waals surface area contributed by atoms with Crippen LogP contribution in [0, 0.1) is 6.92 Å². The van der Waals surface area contributed by atoms with Gasteiger partial charge in [-0.2, -0.15) is 0 Å². The highest BCUT2D eigenvalue weighted by Crippen LogP contribution is 2.17. The number of hydrogen-bond donors (Lipinski definition) is 1. The van der Waals surface area contributed by atoms with Crippen molar-refractivity contribution < 1.29 is 4.79 Å². The zero-order valence-electron chi connectivity index (χ0n) is 13.2. The van der Waals surface area contributed by atoms with E-state index in [1.54, 1.807) is 0 Å². The maximum absolute atomic E-state index is 12.6. The molecule has 1 fully saturated rings. The molecule has 1 amide bonds. The van der Waals surface area contributed by atoms with Gasteiger partial charge in [0.15, 0.2) is 0 Å². The molecule has 0 aromatic heterocycles. The quantitative estimate of drug-likeness (QED) is 0.856. The Labute approximate surface area is 133 Å². The molecule has 5 heteroatoms. The van der Waals surface area contributed by atoms with E-state index in [1.807, 2.05) is 30.0 Å². The molecular weight excluding hydrogens is 282 g/mol. The summed E-state index contributed by atoms with van der Waals surface area (Å²) in [5, 5.41) is 0. The highest BCUT2D eigenvalue weighted by atomic mass is 32.1. The smallest absolute Gasteiger partial charge is 0.254 e. The van der Waals surface area contributed by atoms with Gasteiger partial charge < -0.3 is 9.80 Å². The van der Waals surface area contributed by atoms with Gasteiger partial charge in [-0.3, -0.25) is 9.69 Å². The Morgan fingerprint density at radius 3 is 2.52 bits per heavy atom. The Morgan fingerprint density at radius 2 is 1.90 bits per heavy atom. The zero-order chi connectivity index (χ0) is 15.4. The van der Waals surface area contributed by atoms with Gasteiger partial charge in [0.2, 0.25) is 0 Å². The standard InChI is InChI=1S/C16H25N3OS/c1-13-4-5-14(21)12-15(13)16(20)19-10-8-18(9-11-19)7-6-17(2)3/h4-5,12,21H,6-11H2,1-3H3.